The van der Waals surface area contributed by atoms with Gasteiger partial charge in [-0.2, -0.15) is 26.3 Å². The van der Waals surface area contributed by atoms with E-state index in [4.69, 9.17) is 0 Å². The summed E-state index contributed by atoms with van der Waals surface area (Å²) in [5.41, 5.74) is -0.958. The molecule has 1 aromatic carbocycles. The molecule has 0 spiro atoms. The van der Waals surface area contributed by atoms with E-state index >= 15 is 0 Å². The number of aryl methyl sites for hydroxylation is 1. The van der Waals surface area contributed by atoms with Crippen molar-refractivity contribution in [3.8, 4) is 0 Å². The van der Waals surface area contributed by atoms with Crippen molar-refractivity contribution in [2.75, 3.05) is 0 Å². The Bertz CT molecular complexity index is 1540. The third-order valence-electron chi connectivity index (χ3n) is 6.78. The number of hydrogen-bond donors (Lipinski definition) is 0. The van der Waals surface area contributed by atoms with Gasteiger partial charge in [0, 0.05) is 11.8 Å². The second kappa shape index (κ2) is 12.4. The van der Waals surface area contributed by atoms with Gasteiger partial charge in [-0.25, -0.2) is 14.4 Å². The molecule has 1 aliphatic carbocycles. The summed E-state index contributed by atoms with van der Waals surface area (Å²) in [7, 11) is 0. The maximum atomic E-state index is 13.5. The molecule has 218 valence electrons. The smallest absolute Gasteiger partial charge is 0.285 e. The van der Waals surface area contributed by atoms with Crippen LogP contribution in [0, 0.1) is 12.7 Å². The zero-order chi connectivity index (χ0) is 29.8. The van der Waals surface area contributed by atoms with E-state index in [2.05, 4.69) is 15.0 Å². The first-order valence-corrected chi connectivity index (χ1v) is 13.0. The first-order chi connectivity index (χ1) is 19.3. The molecule has 0 aliphatic heterocycles. The van der Waals surface area contributed by atoms with Crippen molar-refractivity contribution in [1.29, 1.82) is 0 Å². The van der Waals surface area contributed by atoms with Crippen LogP contribution in [-0.4, -0.2) is 25.7 Å². The maximum absolute atomic E-state index is 13.5. The number of aromatic nitrogens is 4. The predicted octanol–water partition coefficient (Wildman–Crippen LogP) is 7.54. The Kier molecular flexibility index (Phi) is 9.08. The van der Waals surface area contributed by atoms with Gasteiger partial charge in [0.1, 0.15) is 11.3 Å². The van der Waals surface area contributed by atoms with Crippen LogP contribution >= 0.6 is 0 Å². The van der Waals surface area contributed by atoms with E-state index in [0.29, 0.717) is 18.4 Å². The Balaban J connectivity index is 0.000000417. The SMILES string of the molecule is Cc1cccc(F)c1.O=c1c(C2CCCCC2)cc2nc(CC(F)(F)F)cnc2n1Cc1ncccc1C(F)(F)F. The van der Waals surface area contributed by atoms with E-state index in [1.807, 2.05) is 13.0 Å². The van der Waals surface area contributed by atoms with Crippen molar-refractivity contribution in [3.05, 3.63) is 99.1 Å². The molecule has 3 aromatic heterocycles. The molecule has 5 nitrogen and oxygen atoms in total. The molecule has 4 aromatic rings. The fourth-order valence-corrected chi connectivity index (χ4v) is 4.92. The van der Waals surface area contributed by atoms with Crippen LogP contribution in [0.25, 0.3) is 11.2 Å². The molecule has 0 bridgehead atoms. The number of alkyl halides is 6. The summed E-state index contributed by atoms with van der Waals surface area (Å²) in [5.74, 6) is -0.300. The van der Waals surface area contributed by atoms with Gasteiger partial charge in [-0.3, -0.25) is 14.3 Å². The van der Waals surface area contributed by atoms with Crippen molar-refractivity contribution >= 4 is 11.2 Å². The van der Waals surface area contributed by atoms with Crippen LogP contribution in [0.4, 0.5) is 30.7 Å². The summed E-state index contributed by atoms with van der Waals surface area (Å²) in [5, 5.41) is 0. The van der Waals surface area contributed by atoms with Gasteiger partial charge in [0.05, 0.1) is 36.1 Å². The second-order valence-electron chi connectivity index (χ2n) is 9.98. The van der Waals surface area contributed by atoms with Crippen molar-refractivity contribution in [3.63, 3.8) is 0 Å². The summed E-state index contributed by atoms with van der Waals surface area (Å²) in [6.45, 7) is 1.34. The maximum Gasteiger partial charge on any atom is 0.418 e. The number of fused-ring (bicyclic) bond motifs is 1. The average molecular weight is 581 g/mol. The van der Waals surface area contributed by atoms with Gasteiger partial charge in [0.15, 0.2) is 5.65 Å². The monoisotopic (exact) mass is 580 g/mol. The van der Waals surface area contributed by atoms with Gasteiger partial charge in [0.25, 0.3) is 5.56 Å². The fraction of sp³-hybridized carbons (Fsp3) is 0.379. The summed E-state index contributed by atoms with van der Waals surface area (Å²) >= 11 is 0. The summed E-state index contributed by atoms with van der Waals surface area (Å²) < 4.78 is 92.2. The zero-order valence-corrected chi connectivity index (χ0v) is 22.1. The summed E-state index contributed by atoms with van der Waals surface area (Å²) in [6, 6.07) is 9.96. The number of benzene rings is 1. The lowest BCUT2D eigenvalue weighted by atomic mass is 9.84. The van der Waals surface area contributed by atoms with E-state index in [-0.39, 0.29) is 34.3 Å². The molecule has 12 heteroatoms. The van der Waals surface area contributed by atoms with Gasteiger partial charge in [-0.05, 0) is 61.6 Å². The molecule has 3 heterocycles. The molecule has 0 amide bonds. The molecule has 0 unspecified atom stereocenters. The van der Waals surface area contributed by atoms with Crippen molar-refractivity contribution < 1.29 is 30.7 Å². The van der Waals surface area contributed by atoms with E-state index in [0.717, 1.165) is 47.7 Å². The molecular weight excluding hydrogens is 553 g/mol. The Hall–Kier alpha value is -3.83. The lowest BCUT2D eigenvalue weighted by Gasteiger charge is -2.23. The van der Waals surface area contributed by atoms with E-state index in [9.17, 15) is 35.5 Å². The molecular formula is C29H27F7N4O. The Morgan fingerprint density at radius 2 is 1.68 bits per heavy atom. The number of pyridine rings is 2. The van der Waals surface area contributed by atoms with Gasteiger partial charge < -0.3 is 0 Å². The van der Waals surface area contributed by atoms with Gasteiger partial charge in [-0.15, -0.1) is 0 Å². The van der Waals surface area contributed by atoms with Crippen LogP contribution in [0.5, 0.6) is 0 Å². The van der Waals surface area contributed by atoms with Gasteiger partial charge >= 0.3 is 12.4 Å². The lowest BCUT2D eigenvalue weighted by molar-refractivity contribution is -0.138. The van der Waals surface area contributed by atoms with Crippen LogP contribution in [-0.2, 0) is 19.1 Å². The number of halogens is 7. The molecule has 0 N–H and O–H groups in total. The van der Waals surface area contributed by atoms with Crippen molar-refractivity contribution in [1.82, 2.24) is 19.5 Å². The topological polar surface area (TPSA) is 60.7 Å². The Morgan fingerprint density at radius 3 is 2.29 bits per heavy atom. The Morgan fingerprint density at radius 1 is 0.951 bits per heavy atom. The van der Waals surface area contributed by atoms with Crippen LogP contribution < -0.4 is 5.56 Å². The quantitative estimate of drug-likeness (QED) is 0.234. The molecule has 0 atom stereocenters. The number of rotatable bonds is 4. The van der Waals surface area contributed by atoms with Crippen LogP contribution in [0.2, 0.25) is 0 Å². The van der Waals surface area contributed by atoms with Gasteiger partial charge in [0.2, 0.25) is 0 Å². The Labute approximate surface area is 231 Å². The van der Waals surface area contributed by atoms with Crippen LogP contribution in [0.15, 0.2) is 59.7 Å². The third-order valence-corrected chi connectivity index (χ3v) is 6.78. The highest BCUT2D eigenvalue weighted by molar-refractivity contribution is 5.71. The van der Waals surface area contributed by atoms with Crippen LogP contribution in [0.1, 0.15) is 66.1 Å². The largest absolute Gasteiger partial charge is 0.418 e. The van der Waals surface area contributed by atoms with Crippen molar-refractivity contribution in [2.45, 2.75) is 70.3 Å². The zero-order valence-electron chi connectivity index (χ0n) is 22.1. The molecule has 1 fully saturated rings. The van der Waals surface area contributed by atoms with E-state index < -0.39 is 36.4 Å². The van der Waals surface area contributed by atoms with E-state index in [1.165, 1.54) is 24.4 Å². The molecule has 0 saturated heterocycles. The van der Waals surface area contributed by atoms with Gasteiger partial charge in [-0.1, -0.05) is 31.4 Å². The summed E-state index contributed by atoms with van der Waals surface area (Å²) in [4.78, 5) is 25.2. The minimum Gasteiger partial charge on any atom is -0.285 e. The number of nitrogens with zero attached hydrogens (tertiary/aromatic N) is 4. The normalized spacial score (nSPS) is 14.5. The third kappa shape index (κ3) is 7.89. The second-order valence-corrected chi connectivity index (χ2v) is 9.98. The number of hydrogen-bond acceptors (Lipinski definition) is 4. The van der Waals surface area contributed by atoms with E-state index in [1.54, 1.807) is 6.07 Å². The average Bonchev–Trinajstić information content (AvgIpc) is 2.89. The first-order valence-electron chi connectivity index (χ1n) is 13.0. The fourth-order valence-electron chi connectivity index (χ4n) is 4.92. The highest BCUT2D eigenvalue weighted by Gasteiger charge is 2.34. The standard InChI is InChI=1S/C22H20F6N4O.C7H7F/c23-21(24,25)10-14-11-30-19-17(31-14)9-15(13-5-2-1-3-6-13)20(33)32(19)12-18-16(22(26,27)28)7-4-8-29-18;1-6-3-2-4-7(8)5-6/h4,7-9,11,13H,1-3,5-6,10,12H2;2-5H,1H3. The molecule has 5 rings (SSSR count). The minimum absolute atomic E-state index is 0.0430. The minimum atomic E-state index is -4.68. The van der Waals surface area contributed by atoms with Crippen LogP contribution in [0.3, 0.4) is 0 Å². The highest BCUT2D eigenvalue weighted by Crippen LogP contribution is 2.33. The van der Waals surface area contributed by atoms with Crippen molar-refractivity contribution in [2.24, 2.45) is 0 Å². The highest BCUT2D eigenvalue weighted by atomic mass is 19.4. The predicted molar refractivity (Wildman–Crippen MR) is 139 cm³/mol. The molecule has 41 heavy (non-hydrogen) atoms. The first kappa shape index (κ1) is 30.1. The molecule has 1 aliphatic rings. The molecule has 0 radical (unpaired) electrons. The summed E-state index contributed by atoms with van der Waals surface area (Å²) in [6.07, 6.45) is -4.18. The molecule has 1 saturated carbocycles. The lowest BCUT2D eigenvalue weighted by Crippen LogP contribution is -2.29.